The number of ketones is 2. The predicted molar refractivity (Wildman–Crippen MR) is 232 cm³/mol. The summed E-state index contributed by atoms with van der Waals surface area (Å²) in [5, 5.41) is 6.78. The summed E-state index contributed by atoms with van der Waals surface area (Å²) in [5.41, 5.74) is 5.51. The van der Waals surface area contributed by atoms with Crippen LogP contribution in [0.25, 0.3) is 11.3 Å². The average Bonchev–Trinajstić information content (AvgIpc) is 3.49. The van der Waals surface area contributed by atoms with E-state index < -0.39 is 28.4 Å². The zero-order chi connectivity index (χ0) is 43.5. The van der Waals surface area contributed by atoms with Gasteiger partial charge < -0.3 is 34.9 Å². The van der Waals surface area contributed by atoms with Gasteiger partial charge in [-0.25, -0.2) is 19.6 Å². The number of ether oxygens (including phenoxy) is 2. The van der Waals surface area contributed by atoms with Crippen molar-refractivity contribution in [3.8, 4) is 11.3 Å². The summed E-state index contributed by atoms with van der Waals surface area (Å²) in [5.74, 6) is -0.278. The fraction of sp³-hybridized carbons (Fsp3) is 0.535. The molecule has 0 aromatic carbocycles. The van der Waals surface area contributed by atoms with Crippen LogP contribution in [0.2, 0.25) is 10.3 Å². The molecule has 1 unspecified atom stereocenters. The van der Waals surface area contributed by atoms with Crippen molar-refractivity contribution in [2.75, 3.05) is 26.2 Å². The molecule has 2 aliphatic carbocycles. The Hall–Kier alpha value is -4.54. The van der Waals surface area contributed by atoms with Crippen molar-refractivity contribution >= 4 is 74.7 Å². The molecule has 6 aliphatic rings. The highest BCUT2D eigenvalue weighted by Crippen LogP contribution is 2.41. The fourth-order valence-electron chi connectivity index (χ4n) is 8.45. The molecule has 9 rings (SSSR count). The monoisotopic (exact) mass is 943 g/mol. The van der Waals surface area contributed by atoms with E-state index >= 15 is 0 Å². The van der Waals surface area contributed by atoms with Crippen molar-refractivity contribution in [3.63, 3.8) is 0 Å². The van der Waals surface area contributed by atoms with Gasteiger partial charge in [-0.2, -0.15) is 0 Å². The Balaban J connectivity index is 0.000000166. The lowest BCUT2D eigenvalue weighted by atomic mass is 9.80. The SMILES string of the molecule is C.CC(C)(C)OC(=O)N1CC2(CC(=O)CC(=O)N2)C1.CC(C)(C)OC(=O)N1CC2(Cc3[nH]c4c(c3C(=O)N2)CCc2cnc(Cl)cc2-4)C1.O=C1c2cc(Cl)ncc2CCC1Br. The number of carbonyl (C=O) groups is 6. The molecule has 15 nitrogen and oxygen atoms in total. The predicted octanol–water partition coefficient (Wildman–Crippen LogP) is 6.82. The number of pyridine rings is 2. The van der Waals surface area contributed by atoms with E-state index in [1.165, 1.54) is 4.90 Å². The maximum Gasteiger partial charge on any atom is 0.410 e. The number of aromatic amines is 1. The minimum absolute atomic E-state index is 0. The van der Waals surface area contributed by atoms with Crippen LogP contribution in [0.4, 0.5) is 9.59 Å². The third-order valence-electron chi connectivity index (χ3n) is 10.9. The number of hydrogen-bond donors (Lipinski definition) is 3. The molecule has 7 heterocycles. The number of nitrogens with one attached hydrogen (secondary N) is 3. The first kappa shape index (κ1) is 46.0. The van der Waals surface area contributed by atoms with Gasteiger partial charge in [-0.15, -0.1) is 0 Å². The Kier molecular flexibility index (Phi) is 12.8. The number of piperidine rings is 1. The minimum Gasteiger partial charge on any atom is -0.444 e. The average molecular weight is 946 g/mol. The van der Waals surface area contributed by atoms with Gasteiger partial charge in [0.25, 0.3) is 5.91 Å². The van der Waals surface area contributed by atoms with Crippen LogP contribution in [0.1, 0.15) is 111 Å². The van der Waals surface area contributed by atoms with Crippen LogP contribution < -0.4 is 10.6 Å². The molecule has 0 saturated carbocycles. The standard InChI is InChI=1S/C21H23ClN4O3.C12H18N2O4.C9H7BrClNO.CH4/c1-20(2,3)29-19(28)26-9-21(10-26)7-14-16(18(27)25-21)12-5-4-11-8-23-15(22)6-13(11)17(12)24-14;1-11(2,3)18-10(17)14-6-12(7-14)5-8(15)4-9(16)13-12;10-7-2-1-5-4-12-8(11)3-6(5)9(7)13;/h6,8,24H,4-5,7,9-10H2,1-3H3,(H,25,27);4-7H2,1-3H3,(H,13,16);3-4,7H,1-2H2;1H4. The molecule has 0 radical (unpaired) electrons. The van der Waals surface area contributed by atoms with E-state index in [9.17, 15) is 28.8 Å². The van der Waals surface area contributed by atoms with Crippen LogP contribution in [0, 0.1) is 0 Å². The van der Waals surface area contributed by atoms with Gasteiger partial charge in [0.05, 0.1) is 33.6 Å². The molecule has 2 spiro atoms. The van der Waals surface area contributed by atoms with E-state index in [1.807, 2.05) is 33.0 Å². The number of Topliss-reactive ketones (excluding diaryl/α,β-unsaturated/α-hetero) is 2. The molecule has 4 amide bonds. The summed E-state index contributed by atoms with van der Waals surface area (Å²) >= 11 is 15.2. The summed E-state index contributed by atoms with van der Waals surface area (Å²) in [6.07, 6.45) is 7.03. The first-order valence-corrected chi connectivity index (χ1v) is 21.5. The molecule has 3 aromatic heterocycles. The van der Waals surface area contributed by atoms with Gasteiger partial charge in [-0.1, -0.05) is 46.6 Å². The molecular formula is C43H52BrCl2N7O8. The molecular weight excluding hydrogens is 893 g/mol. The number of amides is 4. The lowest BCUT2D eigenvalue weighted by molar-refractivity contribution is -0.138. The number of aryl methyl sites for hydroxylation is 2. The summed E-state index contributed by atoms with van der Waals surface area (Å²) in [7, 11) is 0. The normalized spacial score (nSPS) is 20.2. The Labute approximate surface area is 373 Å². The number of fused-ring (bicyclic) bond motifs is 6. The third-order valence-corrected chi connectivity index (χ3v) is 12.2. The quantitative estimate of drug-likeness (QED) is 0.122. The number of halogens is 3. The first-order valence-electron chi connectivity index (χ1n) is 19.8. The maximum absolute atomic E-state index is 13.0. The van der Waals surface area contributed by atoms with Crippen LogP contribution in [-0.4, -0.2) is 114 Å². The molecule has 4 aliphatic heterocycles. The van der Waals surface area contributed by atoms with Gasteiger partial charge in [0.15, 0.2) is 5.78 Å². The number of likely N-dealkylation sites (tertiary alicyclic amines) is 2. The number of rotatable bonds is 0. The van der Waals surface area contributed by atoms with E-state index in [-0.39, 0.29) is 48.1 Å². The summed E-state index contributed by atoms with van der Waals surface area (Å²) in [6, 6.07) is 3.50. The molecule has 3 fully saturated rings. The van der Waals surface area contributed by atoms with Crippen LogP contribution >= 0.6 is 39.1 Å². The molecule has 0 bridgehead atoms. The molecule has 61 heavy (non-hydrogen) atoms. The summed E-state index contributed by atoms with van der Waals surface area (Å²) in [6.45, 7) is 12.5. The number of carbonyl (C=O) groups excluding carboxylic acids is 6. The van der Waals surface area contributed by atoms with E-state index in [1.54, 1.807) is 37.9 Å². The highest BCUT2D eigenvalue weighted by atomic mass is 79.9. The Morgan fingerprint density at radius 3 is 1.85 bits per heavy atom. The zero-order valence-electron chi connectivity index (χ0n) is 34.4. The van der Waals surface area contributed by atoms with Crippen LogP contribution in [-0.2, 0) is 44.7 Å². The topological polar surface area (TPSA) is 193 Å². The highest BCUT2D eigenvalue weighted by molar-refractivity contribution is 9.10. The second-order valence-electron chi connectivity index (χ2n) is 18.3. The van der Waals surface area contributed by atoms with Crippen molar-refractivity contribution in [2.24, 2.45) is 0 Å². The lowest BCUT2D eigenvalue weighted by Gasteiger charge is -2.51. The Bertz CT molecular complexity index is 2270. The fourth-order valence-corrected chi connectivity index (χ4v) is 9.24. The molecule has 328 valence electrons. The number of nitrogens with zero attached hydrogens (tertiary/aromatic N) is 4. The van der Waals surface area contributed by atoms with E-state index in [2.05, 4.69) is 41.5 Å². The highest BCUT2D eigenvalue weighted by Gasteiger charge is 2.52. The largest absolute Gasteiger partial charge is 0.444 e. The van der Waals surface area contributed by atoms with E-state index in [0.717, 1.165) is 64.9 Å². The van der Waals surface area contributed by atoms with Crippen molar-refractivity contribution in [1.29, 1.82) is 0 Å². The van der Waals surface area contributed by atoms with Crippen molar-refractivity contribution in [3.05, 3.63) is 68.3 Å². The van der Waals surface area contributed by atoms with E-state index in [4.69, 9.17) is 32.7 Å². The van der Waals surface area contributed by atoms with Gasteiger partial charge in [0.1, 0.15) is 27.3 Å². The van der Waals surface area contributed by atoms with E-state index in [0.29, 0.717) is 54.9 Å². The first-order chi connectivity index (χ1) is 28.0. The number of alkyl halides is 1. The van der Waals surface area contributed by atoms with Gasteiger partial charge in [-0.3, -0.25) is 19.2 Å². The van der Waals surface area contributed by atoms with Gasteiger partial charge in [-0.05, 0) is 96.0 Å². The second kappa shape index (κ2) is 17.0. The second-order valence-corrected chi connectivity index (χ2v) is 20.2. The number of H-pyrrole nitrogens is 1. The smallest absolute Gasteiger partial charge is 0.410 e. The summed E-state index contributed by atoms with van der Waals surface area (Å²) < 4.78 is 10.7. The minimum atomic E-state index is -0.552. The third kappa shape index (κ3) is 10.1. The number of aromatic nitrogens is 3. The summed E-state index contributed by atoms with van der Waals surface area (Å²) in [4.78, 5) is 86.1. The van der Waals surface area contributed by atoms with Gasteiger partial charge in [0, 0.05) is 68.2 Å². The van der Waals surface area contributed by atoms with Crippen LogP contribution in [0.15, 0.2) is 24.5 Å². The van der Waals surface area contributed by atoms with Gasteiger partial charge >= 0.3 is 12.2 Å². The molecule has 1 atom stereocenters. The van der Waals surface area contributed by atoms with Crippen molar-refractivity contribution in [2.45, 2.75) is 121 Å². The molecule has 18 heteroatoms. The Morgan fingerprint density at radius 1 is 0.787 bits per heavy atom. The maximum atomic E-state index is 13.0. The Morgan fingerprint density at radius 2 is 1.31 bits per heavy atom. The molecule has 3 N–H and O–H groups in total. The van der Waals surface area contributed by atoms with Gasteiger partial charge in [0.2, 0.25) is 5.91 Å². The lowest BCUT2D eigenvalue weighted by Crippen LogP contribution is -2.74. The van der Waals surface area contributed by atoms with Crippen molar-refractivity contribution in [1.82, 2.24) is 35.4 Å². The van der Waals surface area contributed by atoms with Crippen molar-refractivity contribution < 1.29 is 38.2 Å². The van der Waals surface area contributed by atoms with Crippen LogP contribution in [0.3, 0.4) is 0 Å². The molecule has 3 saturated heterocycles. The zero-order valence-corrected chi connectivity index (χ0v) is 37.5. The van der Waals surface area contributed by atoms with Crippen LogP contribution in [0.5, 0.6) is 0 Å². The molecule has 3 aromatic rings. The number of hydrogen-bond acceptors (Lipinski definition) is 10.